The Morgan fingerprint density at radius 1 is 0.667 bits per heavy atom. The summed E-state index contributed by atoms with van der Waals surface area (Å²) in [6.07, 6.45) is 1.86. The van der Waals surface area contributed by atoms with Crippen molar-refractivity contribution in [3.63, 3.8) is 0 Å². The third-order valence-corrected chi connectivity index (χ3v) is 5.05. The Morgan fingerprint density at radius 2 is 1.29 bits per heavy atom. The van der Waals surface area contributed by atoms with Gasteiger partial charge in [-0.3, -0.25) is 0 Å². The Bertz CT molecular complexity index is 1140. The fourth-order valence-electron chi connectivity index (χ4n) is 3.90. The number of fused-ring (bicyclic) bond motifs is 7. The number of aliphatic hydroxyl groups excluding tert-OH is 2. The summed E-state index contributed by atoms with van der Waals surface area (Å²) >= 11 is 0. The van der Waals surface area contributed by atoms with Crippen LogP contribution in [0.5, 0.6) is 0 Å². The minimum atomic E-state index is -0.897. The molecular formula is C22H16O2. The molecule has 2 unspecified atom stereocenters. The summed E-state index contributed by atoms with van der Waals surface area (Å²) in [6, 6.07) is 20.8. The largest absolute Gasteiger partial charge is 0.386 e. The summed E-state index contributed by atoms with van der Waals surface area (Å²) in [4.78, 5) is 0. The monoisotopic (exact) mass is 312 g/mol. The normalized spacial score (nSPS) is 19.9. The first-order chi connectivity index (χ1) is 11.7. The third kappa shape index (κ3) is 1.78. The average molecular weight is 312 g/mol. The van der Waals surface area contributed by atoms with Crippen molar-refractivity contribution in [2.24, 2.45) is 0 Å². The Morgan fingerprint density at radius 3 is 2.04 bits per heavy atom. The van der Waals surface area contributed by atoms with Gasteiger partial charge in [-0.25, -0.2) is 0 Å². The Labute approximate surface area is 139 Å². The summed E-state index contributed by atoms with van der Waals surface area (Å²) in [5.74, 6) is 0. The molecule has 24 heavy (non-hydrogen) atoms. The topological polar surface area (TPSA) is 40.5 Å². The fraction of sp³-hybridized carbons (Fsp3) is 0.0909. The van der Waals surface area contributed by atoms with Crippen LogP contribution >= 0.6 is 0 Å². The molecule has 0 amide bonds. The van der Waals surface area contributed by atoms with Gasteiger partial charge in [0, 0.05) is 0 Å². The zero-order valence-corrected chi connectivity index (χ0v) is 13.0. The van der Waals surface area contributed by atoms with Gasteiger partial charge in [0.25, 0.3) is 0 Å². The van der Waals surface area contributed by atoms with Crippen molar-refractivity contribution in [1.82, 2.24) is 0 Å². The lowest BCUT2D eigenvalue weighted by Gasteiger charge is -2.25. The summed E-state index contributed by atoms with van der Waals surface area (Å²) in [5.41, 5.74) is 1.83. The van der Waals surface area contributed by atoms with Gasteiger partial charge in [0.05, 0.1) is 0 Å². The van der Waals surface area contributed by atoms with E-state index in [1.807, 2.05) is 30.3 Å². The van der Waals surface area contributed by atoms with E-state index in [0.29, 0.717) is 0 Å². The van der Waals surface area contributed by atoms with E-state index in [1.165, 1.54) is 16.2 Å². The number of rotatable bonds is 0. The van der Waals surface area contributed by atoms with Gasteiger partial charge in [-0.1, -0.05) is 60.7 Å². The Hall–Kier alpha value is -2.68. The summed E-state index contributed by atoms with van der Waals surface area (Å²) in [6.45, 7) is 0. The van der Waals surface area contributed by atoms with Gasteiger partial charge >= 0.3 is 0 Å². The molecule has 0 saturated heterocycles. The summed E-state index contributed by atoms with van der Waals surface area (Å²) < 4.78 is 0. The molecule has 2 atom stereocenters. The zero-order valence-electron chi connectivity index (χ0n) is 13.0. The minimum absolute atomic E-state index is 0.823. The Kier molecular flexibility index (Phi) is 2.81. The molecule has 0 saturated carbocycles. The van der Waals surface area contributed by atoms with Crippen LogP contribution in [-0.2, 0) is 0 Å². The fourth-order valence-corrected chi connectivity index (χ4v) is 3.90. The quantitative estimate of drug-likeness (QED) is 0.369. The number of hydrogen-bond donors (Lipinski definition) is 2. The van der Waals surface area contributed by atoms with Crippen LogP contribution in [0.3, 0.4) is 0 Å². The average Bonchev–Trinajstić information content (AvgIpc) is 2.63. The molecule has 4 aromatic carbocycles. The predicted octanol–water partition coefficient (Wildman–Crippen LogP) is 4.57. The number of aliphatic hydroxyl groups is 2. The van der Waals surface area contributed by atoms with E-state index in [-0.39, 0.29) is 0 Å². The van der Waals surface area contributed by atoms with Crippen LogP contribution < -0.4 is 0 Å². The van der Waals surface area contributed by atoms with Gasteiger partial charge in [0.2, 0.25) is 0 Å². The molecule has 1 aliphatic carbocycles. The maximum atomic E-state index is 10.6. The molecule has 5 rings (SSSR count). The third-order valence-electron chi connectivity index (χ3n) is 5.05. The second-order valence-corrected chi connectivity index (χ2v) is 6.41. The van der Waals surface area contributed by atoms with E-state index in [1.54, 1.807) is 6.08 Å². The lowest BCUT2D eigenvalue weighted by molar-refractivity contribution is 0.0481. The van der Waals surface area contributed by atoms with Crippen LogP contribution in [0.25, 0.3) is 38.4 Å². The molecule has 4 aromatic rings. The highest BCUT2D eigenvalue weighted by Crippen LogP contribution is 2.41. The molecule has 2 N–H and O–H groups in total. The summed E-state index contributed by atoms with van der Waals surface area (Å²) in [5, 5.41) is 27.5. The van der Waals surface area contributed by atoms with Crippen LogP contribution in [0.15, 0.2) is 66.7 Å². The molecule has 2 heteroatoms. The van der Waals surface area contributed by atoms with Crippen LogP contribution in [0.4, 0.5) is 0 Å². The van der Waals surface area contributed by atoms with Gasteiger partial charge in [-0.05, 0) is 55.6 Å². The van der Waals surface area contributed by atoms with E-state index in [2.05, 4.69) is 36.4 Å². The van der Waals surface area contributed by atoms with E-state index < -0.39 is 12.2 Å². The minimum Gasteiger partial charge on any atom is -0.386 e. The molecule has 0 spiro atoms. The van der Waals surface area contributed by atoms with Crippen LogP contribution in [-0.4, -0.2) is 16.3 Å². The van der Waals surface area contributed by atoms with E-state index in [9.17, 15) is 10.2 Å². The highest BCUT2D eigenvalue weighted by molar-refractivity contribution is 6.16. The van der Waals surface area contributed by atoms with Crippen molar-refractivity contribution in [2.75, 3.05) is 0 Å². The van der Waals surface area contributed by atoms with Crippen molar-refractivity contribution in [3.05, 3.63) is 77.9 Å². The Balaban J connectivity index is 2.06. The maximum absolute atomic E-state index is 10.6. The van der Waals surface area contributed by atoms with E-state index >= 15 is 0 Å². The second kappa shape index (κ2) is 4.91. The van der Waals surface area contributed by atoms with Gasteiger partial charge < -0.3 is 10.2 Å². The molecule has 116 valence electrons. The highest BCUT2D eigenvalue weighted by atomic mass is 16.3. The molecule has 0 aliphatic heterocycles. The first kappa shape index (κ1) is 13.7. The maximum Gasteiger partial charge on any atom is 0.110 e. The lowest BCUT2D eigenvalue weighted by Crippen LogP contribution is -2.20. The van der Waals surface area contributed by atoms with Gasteiger partial charge in [-0.2, -0.15) is 0 Å². The molecular weight excluding hydrogens is 296 g/mol. The van der Waals surface area contributed by atoms with Crippen LogP contribution in [0.2, 0.25) is 0 Å². The lowest BCUT2D eigenvalue weighted by atomic mass is 9.83. The van der Waals surface area contributed by atoms with Crippen molar-refractivity contribution < 1.29 is 10.2 Å². The molecule has 2 nitrogen and oxygen atoms in total. The smallest absolute Gasteiger partial charge is 0.110 e. The molecule has 0 bridgehead atoms. The first-order valence-corrected chi connectivity index (χ1v) is 8.15. The van der Waals surface area contributed by atoms with E-state index in [0.717, 1.165) is 27.3 Å². The zero-order chi connectivity index (χ0) is 16.3. The van der Waals surface area contributed by atoms with Crippen molar-refractivity contribution in [2.45, 2.75) is 12.2 Å². The van der Waals surface area contributed by atoms with Crippen LogP contribution in [0, 0.1) is 0 Å². The van der Waals surface area contributed by atoms with Gasteiger partial charge in [0.15, 0.2) is 0 Å². The van der Waals surface area contributed by atoms with Gasteiger partial charge in [0.1, 0.15) is 12.2 Å². The van der Waals surface area contributed by atoms with E-state index in [4.69, 9.17) is 0 Å². The highest BCUT2D eigenvalue weighted by Gasteiger charge is 2.26. The second-order valence-electron chi connectivity index (χ2n) is 6.41. The number of benzene rings is 4. The number of hydrogen-bond acceptors (Lipinski definition) is 2. The SMILES string of the molecule is OC1C=Cc2c(c3ccccc3c3cc4ccccc4cc23)C1O. The molecule has 1 aliphatic rings. The van der Waals surface area contributed by atoms with Crippen molar-refractivity contribution >= 4 is 38.4 Å². The molecule has 0 heterocycles. The van der Waals surface area contributed by atoms with Crippen LogP contribution in [0.1, 0.15) is 17.2 Å². The summed E-state index contributed by atoms with van der Waals surface area (Å²) in [7, 11) is 0. The predicted molar refractivity (Wildman–Crippen MR) is 99.0 cm³/mol. The van der Waals surface area contributed by atoms with Crippen molar-refractivity contribution in [3.8, 4) is 0 Å². The van der Waals surface area contributed by atoms with Crippen molar-refractivity contribution in [1.29, 1.82) is 0 Å². The molecule has 0 fully saturated rings. The van der Waals surface area contributed by atoms with Gasteiger partial charge in [-0.15, -0.1) is 0 Å². The first-order valence-electron chi connectivity index (χ1n) is 8.15. The molecule has 0 aromatic heterocycles. The molecule has 0 radical (unpaired) electrons. The standard InChI is InChI=1S/C22H16O2/c23-20-10-9-17-19-12-14-6-2-1-5-13(14)11-18(19)15-7-3-4-8-16(15)21(17)22(20)24/h1-12,20,22-24H.